The molecule has 6 nitrogen and oxygen atoms in total. The van der Waals surface area contributed by atoms with Crippen LogP contribution in [0.3, 0.4) is 0 Å². The van der Waals surface area contributed by atoms with Gasteiger partial charge in [0, 0.05) is 36.6 Å². The number of hydrogen-bond donors (Lipinski definition) is 1. The fourth-order valence-electron chi connectivity index (χ4n) is 3.55. The smallest absolute Gasteiger partial charge is 0.227 e. The predicted octanol–water partition coefficient (Wildman–Crippen LogP) is 4.22. The molecular formula is C24H26N4O2. The summed E-state index contributed by atoms with van der Waals surface area (Å²) in [6, 6.07) is 19.5. The Morgan fingerprint density at radius 3 is 2.50 bits per heavy atom. The van der Waals surface area contributed by atoms with Crippen LogP contribution in [0.4, 0.5) is 11.6 Å². The fourth-order valence-corrected chi connectivity index (χ4v) is 3.55. The van der Waals surface area contributed by atoms with E-state index in [1.165, 1.54) is 0 Å². The van der Waals surface area contributed by atoms with Gasteiger partial charge in [0.1, 0.15) is 12.4 Å². The number of amides is 1. The van der Waals surface area contributed by atoms with E-state index in [1.807, 2.05) is 67.6 Å². The Balaban J connectivity index is 1.26. The molecule has 0 bridgehead atoms. The van der Waals surface area contributed by atoms with Crippen molar-refractivity contribution in [2.45, 2.75) is 26.4 Å². The van der Waals surface area contributed by atoms with Gasteiger partial charge in [0.25, 0.3) is 0 Å². The SMILES string of the molecule is Cc1ccnc(N2CCC(C(=O)Nc3ccc(OCc4ccccc4)cc3)CC2)n1. The second kappa shape index (κ2) is 9.39. The Morgan fingerprint density at radius 2 is 1.80 bits per heavy atom. The molecule has 1 N–H and O–H groups in total. The van der Waals surface area contributed by atoms with Crippen molar-refractivity contribution in [1.82, 2.24) is 9.97 Å². The first-order valence-electron chi connectivity index (χ1n) is 10.3. The van der Waals surface area contributed by atoms with E-state index in [4.69, 9.17) is 4.74 Å². The topological polar surface area (TPSA) is 67.4 Å². The number of benzene rings is 2. The number of rotatable bonds is 6. The van der Waals surface area contributed by atoms with Gasteiger partial charge < -0.3 is 15.0 Å². The van der Waals surface area contributed by atoms with E-state index in [1.54, 1.807) is 6.20 Å². The second-order valence-electron chi connectivity index (χ2n) is 7.55. The van der Waals surface area contributed by atoms with Gasteiger partial charge in [-0.05, 0) is 55.7 Å². The molecule has 1 amide bonds. The summed E-state index contributed by atoms with van der Waals surface area (Å²) in [5.41, 5.74) is 2.87. The van der Waals surface area contributed by atoms with Gasteiger partial charge in [0.2, 0.25) is 11.9 Å². The van der Waals surface area contributed by atoms with Gasteiger partial charge in [-0.2, -0.15) is 0 Å². The number of aromatic nitrogens is 2. The molecule has 1 saturated heterocycles. The zero-order valence-corrected chi connectivity index (χ0v) is 17.1. The maximum Gasteiger partial charge on any atom is 0.227 e. The van der Waals surface area contributed by atoms with Crippen molar-refractivity contribution in [1.29, 1.82) is 0 Å². The summed E-state index contributed by atoms with van der Waals surface area (Å²) in [5, 5.41) is 3.03. The lowest BCUT2D eigenvalue weighted by molar-refractivity contribution is -0.120. The Hall–Kier alpha value is -3.41. The summed E-state index contributed by atoms with van der Waals surface area (Å²) in [4.78, 5) is 23.6. The molecule has 30 heavy (non-hydrogen) atoms. The van der Waals surface area contributed by atoms with E-state index in [0.29, 0.717) is 6.61 Å². The van der Waals surface area contributed by atoms with Crippen LogP contribution in [-0.2, 0) is 11.4 Å². The van der Waals surface area contributed by atoms with Crippen LogP contribution in [0.2, 0.25) is 0 Å². The molecule has 1 aliphatic heterocycles. The standard InChI is InChI=1S/C24H26N4O2/c1-18-11-14-25-24(26-18)28-15-12-20(13-16-28)23(29)27-21-7-9-22(10-8-21)30-17-19-5-3-2-4-6-19/h2-11,14,20H,12-13,15-17H2,1H3,(H,27,29). The first kappa shape index (κ1) is 19.9. The molecule has 0 radical (unpaired) electrons. The second-order valence-corrected chi connectivity index (χ2v) is 7.55. The van der Waals surface area contributed by atoms with Crippen LogP contribution >= 0.6 is 0 Å². The number of carbonyl (C=O) groups excluding carboxylic acids is 1. The molecule has 3 aromatic rings. The minimum atomic E-state index is 0.0000614. The van der Waals surface area contributed by atoms with E-state index < -0.39 is 0 Å². The van der Waals surface area contributed by atoms with Gasteiger partial charge in [0.05, 0.1) is 0 Å². The zero-order chi connectivity index (χ0) is 20.8. The lowest BCUT2D eigenvalue weighted by Crippen LogP contribution is -2.39. The summed E-state index contributed by atoms with van der Waals surface area (Å²) in [5.74, 6) is 1.60. The van der Waals surface area contributed by atoms with Crippen LogP contribution in [0.5, 0.6) is 5.75 Å². The quantitative estimate of drug-likeness (QED) is 0.669. The molecule has 0 aliphatic carbocycles. The Kier molecular flexibility index (Phi) is 6.23. The zero-order valence-electron chi connectivity index (χ0n) is 17.1. The van der Waals surface area contributed by atoms with E-state index >= 15 is 0 Å². The Morgan fingerprint density at radius 1 is 1.07 bits per heavy atom. The highest BCUT2D eigenvalue weighted by atomic mass is 16.5. The van der Waals surface area contributed by atoms with Crippen LogP contribution in [0.1, 0.15) is 24.1 Å². The summed E-state index contributed by atoms with van der Waals surface area (Å²) in [6.07, 6.45) is 3.37. The molecule has 4 rings (SSSR count). The minimum Gasteiger partial charge on any atom is -0.489 e. The van der Waals surface area contributed by atoms with Crippen LogP contribution in [-0.4, -0.2) is 29.0 Å². The van der Waals surface area contributed by atoms with Crippen molar-refractivity contribution in [2.24, 2.45) is 5.92 Å². The van der Waals surface area contributed by atoms with Gasteiger partial charge in [-0.25, -0.2) is 9.97 Å². The molecule has 2 aromatic carbocycles. The number of piperidine rings is 1. The van der Waals surface area contributed by atoms with Crippen LogP contribution < -0.4 is 15.0 Å². The van der Waals surface area contributed by atoms with E-state index in [-0.39, 0.29) is 11.8 Å². The number of aryl methyl sites for hydroxylation is 1. The maximum absolute atomic E-state index is 12.7. The molecule has 1 aromatic heterocycles. The molecule has 0 atom stereocenters. The fraction of sp³-hybridized carbons (Fsp3) is 0.292. The van der Waals surface area contributed by atoms with Gasteiger partial charge >= 0.3 is 0 Å². The number of nitrogens with one attached hydrogen (secondary N) is 1. The van der Waals surface area contributed by atoms with Crippen molar-refractivity contribution >= 4 is 17.5 Å². The molecular weight excluding hydrogens is 376 g/mol. The summed E-state index contributed by atoms with van der Waals surface area (Å²) in [6.45, 7) is 4.06. The highest BCUT2D eigenvalue weighted by molar-refractivity contribution is 5.92. The highest BCUT2D eigenvalue weighted by Crippen LogP contribution is 2.23. The molecule has 0 unspecified atom stereocenters. The number of anilines is 2. The lowest BCUT2D eigenvalue weighted by Gasteiger charge is -2.31. The van der Waals surface area contributed by atoms with Gasteiger partial charge in [-0.15, -0.1) is 0 Å². The number of hydrogen-bond acceptors (Lipinski definition) is 5. The van der Waals surface area contributed by atoms with Crippen LogP contribution in [0, 0.1) is 12.8 Å². The van der Waals surface area contributed by atoms with Gasteiger partial charge in [0.15, 0.2) is 0 Å². The first-order valence-corrected chi connectivity index (χ1v) is 10.3. The Bertz CT molecular complexity index is 968. The van der Waals surface area contributed by atoms with Crippen molar-refractivity contribution in [3.05, 3.63) is 78.1 Å². The highest BCUT2D eigenvalue weighted by Gasteiger charge is 2.26. The Labute approximate surface area is 176 Å². The molecule has 154 valence electrons. The number of ether oxygens (including phenoxy) is 1. The summed E-state index contributed by atoms with van der Waals surface area (Å²) < 4.78 is 5.80. The third kappa shape index (κ3) is 5.14. The van der Waals surface area contributed by atoms with Gasteiger partial charge in [-0.1, -0.05) is 30.3 Å². The lowest BCUT2D eigenvalue weighted by atomic mass is 9.96. The van der Waals surface area contributed by atoms with Crippen molar-refractivity contribution in [2.75, 3.05) is 23.3 Å². The minimum absolute atomic E-state index is 0.0000614. The monoisotopic (exact) mass is 402 g/mol. The largest absolute Gasteiger partial charge is 0.489 e. The van der Waals surface area contributed by atoms with Gasteiger partial charge in [-0.3, -0.25) is 4.79 Å². The maximum atomic E-state index is 12.7. The summed E-state index contributed by atoms with van der Waals surface area (Å²) >= 11 is 0. The third-order valence-corrected chi connectivity index (χ3v) is 5.30. The molecule has 6 heteroatoms. The van der Waals surface area contributed by atoms with E-state index in [0.717, 1.165) is 54.6 Å². The van der Waals surface area contributed by atoms with Crippen molar-refractivity contribution < 1.29 is 9.53 Å². The average Bonchev–Trinajstić information content (AvgIpc) is 2.79. The number of nitrogens with zero attached hydrogens (tertiary/aromatic N) is 3. The van der Waals surface area contributed by atoms with Crippen LogP contribution in [0.25, 0.3) is 0 Å². The summed E-state index contributed by atoms with van der Waals surface area (Å²) in [7, 11) is 0. The predicted molar refractivity (Wildman–Crippen MR) is 118 cm³/mol. The van der Waals surface area contributed by atoms with Crippen LogP contribution in [0.15, 0.2) is 66.9 Å². The molecule has 0 spiro atoms. The molecule has 0 saturated carbocycles. The average molecular weight is 402 g/mol. The van der Waals surface area contributed by atoms with Crippen molar-refractivity contribution in [3.8, 4) is 5.75 Å². The molecule has 1 fully saturated rings. The van der Waals surface area contributed by atoms with E-state index in [2.05, 4.69) is 20.2 Å². The number of carbonyl (C=O) groups is 1. The normalized spacial score (nSPS) is 14.4. The molecule has 1 aliphatic rings. The van der Waals surface area contributed by atoms with Crippen molar-refractivity contribution in [3.63, 3.8) is 0 Å². The van der Waals surface area contributed by atoms with E-state index in [9.17, 15) is 4.79 Å². The molecule has 2 heterocycles. The first-order chi connectivity index (χ1) is 14.7. The third-order valence-electron chi connectivity index (χ3n) is 5.30.